The van der Waals surface area contributed by atoms with Crippen LogP contribution in [0.4, 0.5) is 5.69 Å². The molecule has 0 saturated carbocycles. The van der Waals surface area contributed by atoms with E-state index < -0.39 is 0 Å². The van der Waals surface area contributed by atoms with Gasteiger partial charge in [-0.05, 0) is 55.5 Å². The number of anilines is 1. The van der Waals surface area contributed by atoms with Gasteiger partial charge in [0.05, 0.1) is 11.0 Å². The van der Waals surface area contributed by atoms with Gasteiger partial charge in [-0.2, -0.15) is 0 Å². The van der Waals surface area contributed by atoms with Crippen LogP contribution in [-0.2, 0) is 17.8 Å². The van der Waals surface area contributed by atoms with Crippen molar-refractivity contribution in [3.8, 4) is 0 Å². The fraction of sp³-hybridized carbons (Fsp3) is 0.160. The van der Waals surface area contributed by atoms with E-state index in [2.05, 4.69) is 26.6 Å². The smallest absolute Gasteiger partial charge is 0.251 e. The van der Waals surface area contributed by atoms with Gasteiger partial charge in [0.2, 0.25) is 5.91 Å². The van der Waals surface area contributed by atoms with Crippen molar-refractivity contribution < 1.29 is 9.59 Å². The summed E-state index contributed by atoms with van der Waals surface area (Å²) in [6, 6.07) is 22.6. The second kappa shape index (κ2) is 9.78. The summed E-state index contributed by atoms with van der Waals surface area (Å²) in [6.07, 6.45) is 0.512. The number of benzene rings is 3. The molecule has 1 heterocycles. The zero-order valence-electron chi connectivity index (χ0n) is 17.6. The first-order chi connectivity index (χ1) is 15.5. The molecule has 0 aliphatic heterocycles. The number of nitrogens with one attached hydrogen (secondary N) is 2. The van der Waals surface area contributed by atoms with Crippen molar-refractivity contribution in [3.05, 3.63) is 94.2 Å². The van der Waals surface area contributed by atoms with Crippen LogP contribution in [0.25, 0.3) is 11.0 Å². The maximum atomic E-state index is 12.7. The van der Waals surface area contributed by atoms with E-state index in [4.69, 9.17) is 4.98 Å². The Morgan fingerprint density at radius 2 is 1.69 bits per heavy atom. The number of halogens is 1. The minimum atomic E-state index is -0.139. The van der Waals surface area contributed by atoms with Crippen LogP contribution in [0.2, 0.25) is 0 Å². The average Bonchev–Trinajstić information content (AvgIpc) is 3.13. The van der Waals surface area contributed by atoms with Gasteiger partial charge in [0, 0.05) is 28.7 Å². The van der Waals surface area contributed by atoms with Gasteiger partial charge in [-0.1, -0.05) is 45.8 Å². The van der Waals surface area contributed by atoms with Crippen LogP contribution >= 0.6 is 15.9 Å². The molecule has 0 radical (unpaired) electrons. The van der Waals surface area contributed by atoms with Crippen LogP contribution in [0.1, 0.15) is 21.7 Å². The SMILES string of the molecule is Cc1ccc(C(=O)NCCc2nc3ccccc3n2CC(=O)Nc2ccc(Br)cc2)cc1. The molecule has 4 rings (SSSR count). The molecule has 0 aliphatic rings. The third-order valence-corrected chi connectivity index (χ3v) is 5.64. The van der Waals surface area contributed by atoms with Crippen LogP contribution in [0.5, 0.6) is 0 Å². The Balaban J connectivity index is 1.46. The largest absolute Gasteiger partial charge is 0.352 e. The number of carbonyl (C=O) groups is 2. The monoisotopic (exact) mass is 490 g/mol. The summed E-state index contributed by atoms with van der Waals surface area (Å²) in [5.41, 5.74) is 4.17. The Morgan fingerprint density at radius 1 is 0.969 bits per heavy atom. The number of amides is 2. The first-order valence-corrected chi connectivity index (χ1v) is 11.1. The van der Waals surface area contributed by atoms with Gasteiger partial charge in [-0.15, -0.1) is 0 Å². The maximum absolute atomic E-state index is 12.7. The number of imidazole rings is 1. The van der Waals surface area contributed by atoms with Crippen molar-refractivity contribution in [2.24, 2.45) is 0 Å². The molecule has 3 aromatic carbocycles. The fourth-order valence-electron chi connectivity index (χ4n) is 3.46. The molecule has 0 saturated heterocycles. The van der Waals surface area contributed by atoms with E-state index in [1.165, 1.54) is 0 Å². The van der Waals surface area contributed by atoms with E-state index in [-0.39, 0.29) is 18.4 Å². The lowest BCUT2D eigenvalue weighted by Gasteiger charge is -2.11. The molecule has 2 N–H and O–H groups in total. The summed E-state index contributed by atoms with van der Waals surface area (Å²) in [6.45, 7) is 2.54. The number of rotatable bonds is 7. The summed E-state index contributed by atoms with van der Waals surface area (Å²) in [5, 5.41) is 5.86. The summed E-state index contributed by atoms with van der Waals surface area (Å²) in [4.78, 5) is 29.8. The second-order valence-electron chi connectivity index (χ2n) is 7.53. The minimum absolute atomic E-state index is 0.124. The maximum Gasteiger partial charge on any atom is 0.251 e. The highest BCUT2D eigenvalue weighted by Crippen LogP contribution is 2.18. The molecule has 2 amide bonds. The molecule has 7 heteroatoms. The summed E-state index contributed by atoms with van der Waals surface area (Å²) < 4.78 is 2.85. The van der Waals surface area contributed by atoms with Crippen molar-refractivity contribution >= 4 is 44.5 Å². The quantitative estimate of drug-likeness (QED) is 0.393. The first-order valence-electron chi connectivity index (χ1n) is 10.3. The minimum Gasteiger partial charge on any atom is -0.352 e. The topological polar surface area (TPSA) is 76.0 Å². The molecule has 4 aromatic rings. The van der Waals surface area contributed by atoms with Crippen molar-refractivity contribution in [1.29, 1.82) is 0 Å². The van der Waals surface area contributed by atoms with Crippen molar-refractivity contribution in [3.63, 3.8) is 0 Å². The molecule has 1 aromatic heterocycles. The van der Waals surface area contributed by atoms with Crippen LogP contribution in [0, 0.1) is 6.92 Å². The molecular weight excluding hydrogens is 468 g/mol. The van der Waals surface area contributed by atoms with Gasteiger partial charge in [0.1, 0.15) is 12.4 Å². The normalized spacial score (nSPS) is 10.8. The zero-order valence-corrected chi connectivity index (χ0v) is 19.2. The second-order valence-corrected chi connectivity index (χ2v) is 8.45. The average molecular weight is 491 g/mol. The van der Waals surface area contributed by atoms with E-state index in [0.717, 1.165) is 32.6 Å². The molecule has 0 atom stereocenters. The van der Waals surface area contributed by atoms with Crippen molar-refractivity contribution in [1.82, 2.24) is 14.9 Å². The Hall–Kier alpha value is -3.45. The number of fused-ring (bicyclic) bond motifs is 1. The Kier molecular flexibility index (Phi) is 6.66. The van der Waals surface area contributed by atoms with Gasteiger partial charge in [0.25, 0.3) is 5.91 Å². The highest BCUT2D eigenvalue weighted by atomic mass is 79.9. The Labute approximate surface area is 194 Å². The number of aryl methyl sites for hydroxylation is 1. The molecule has 0 fully saturated rings. The van der Waals surface area contributed by atoms with Crippen molar-refractivity contribution in [2.45, 2.75) is 19.9 Å². The fourth-order valence-corrected chi connectivity index (χ4v) is 3.73. The van der Waals surface area contributed by atoms with Crippen LogP contribution < -0.4 is 10.6 Å². The molecule has 0 aliphatic carbocycles. The molecular formula is C25H23BrN4O2. The Morgan fingerprint density at radius 3 is 2.44 bits per heavy atom. The van der Waals surface area contributed by atoms with Gasteiger partial charge in [-0.25, -0.2) is 4.98 Å². The van der Waals surface area contributed by atoms with Gasteiger partial charge < -0.3 is 15.2 Å². The predicted molar refractivity (Wildman–Crippen MR) is 130 cm³/mol. The van der Waals surface area contributed by atoms with Crippen LogP contribution in [0.15, 0.2) is 77.3 Å². The van der Waals surface area contributed by atoms with Gasteiger partial charge in [0.15, 0.2) is 0 Å². The third-order valence-electron chi connectivity index (χ3n) is 5.11. The number of nitrogens with zero attached hydrogens (tertiary/aromatic N) is 2. The molecule has 162 valence electrons. The number of carbonyl (C=O) groups excluding carboxylic acids is 2. The van der Waals surface area contributed by atoms with E-state index in [1.807, 2.05) is 84.3 Å². The molecule has 32 heavy (non-hydrogen) atoms. The van der Waals surface area contributed by atoms with Crippen LogP contribution in [0.3, 0.4) is 0 Å². The van der Waals surface area contributed by atoms with E-state index in [0.29, 0.717) is 18.5 Å². The zero-order chi connectivity index (χ0) is 22.5. The van der Waals surface area contributed by atoms with Crippen LogP contribution in [-0.4, -0.2) is 27.9 Å². The van der Waals surface area contributed by atoms with Crippen molar-refractivity contribution in [2.75, 3.05) is 11.9 Å². The van der Waals surface area contributed by atoms with Gasteiger partial charge >= 0.3 is 0 Å². The lowest BCUT2D eigenvalue weighted by molar-refractivity contribution is -0.116. The van der Waals surface area contributed by atoms with Gasteiger partial charge in [-0.3, -0.25) is 9.59 Å². The Bertz CT molecular complexity index is 1250. The summed E-state index contributed by atoms with van der Waals surface area (Å²) in [5.74, 6) is 0.488. The lowest BCUT2D eigenvalue weighted by atomic mass is 10.1. The first kappa shape index (κ1) is 21.8. The number of aromatic nitrogens is 2. The van der Waals surface area contributed by atoms with E-state index >= 15 is 0 Å². The number of para-hydroxylation sites is 2. The molecule has 0 spiro atoms. The predicted octanol–water partition coefficient (Wildman–Crippen LogP) is 4.72. The molecule has 0 unspecified atom stereocenters. The highest BCUT2D eigenvalue weighted by Gasteiger charge is 2.14. The van der Waals surface area contributed by atoms with E-state index in [1.54, 1.807) is 0 Å². The standard InChI is InChI=1S/C25H23BrN4O2/c1-17-6-8-18(9-7-17)25(32)27-15-14-23-29-21-4-2-3-5-22(21)30(23)16-24(31)28-20-12-10-19(26)11-13-20/h2-13H,14-16H2,1H3,(H,27,32)(H,28,31). The van der Waals surface area contributed by atoms with E-state index in [9.17, 15) is 9.59 Å². The molecule has 0 bridgehead atoms. The highest BCUT2D eigenvalue weighted by molar-refractivity contribution is 9.10. The number of hydrogen-bond acceptors (Lipinski definition) is 3. The molecule has 6 nitrogen and oxygen atoms in total. The summed E-state index contributed by atoms with van der Waals surface area (Å²) in [7, 11) is 0. The number of hydrogen-bond donors (Lipinski definition) is 2. The third kappa shape index (κ3) is 5.23. The summed E-state index contributed by atoms with van der Waals surface area (Å²) >= 11 is 3.39. The lowest BCUT2D eigenvalue weighted by Crippen LogP contribution is -2.27.